The Labute approximate surface area is 137 Å². The van der Waals surface area contributed by atoms with Gasteiger partial charge in [0.05, 0.1) is 0 Å². The van der Waals surface area contributed by atoms with E-state index in [9.17, 15) is 18.7 Å². The molecule has 0 saturated heterocycles. The van der Waals surface area contributed by atoms with E-state index in [-0.39, 0.29) is 22.6 Å². The summed E-state index contributed by atoms with van der Waals surface area (Å²) >= 11 is 0. The van der Waals surface area contributed by atoms with Crippen LogP contribution in [0, 0.1) is 11.6 Å². The van der Waals surface area contributed by atoms with Crippen molar-refractivity contribution in [2.45, 2.75) is 6.29 Å². The Balaban J connectivity index is 2.28. The Morgan fingerprint density at radius 1 is 1.12 bits per heavy atom. The minimum atomic E-state index is -1.26. The monoisotopic (exact) mass is 332 g/mol. The van der Waals surface area contributed by atoms with E-state index in [1.54, 1.807) is 0 Å². The average molecular weight is 332 g/mol. The molecule has 0 radical (unpaired) electrons. The fourth-order valence-electron chi connectivity index (χ4n) is 1.89. The summed E-state index contributed by atoms with van der Waals surface area (Å²) < 4.78 is 37.8. The highest BCUT2D eigenvalue weighted by molar-refractivity contribution is 5.83. The van der Waals surface area contributed by atoms with Crippen molar-refractivity contribution in [1.29, 1.82) is 0 Å². The number of hydrogen-bond acceptors (Lipinski definition) is 4. The predicted molar refractivity (Wildman–Crippen MR) is 84.5 cm³/mol. The zero-order valence-electron chi connectivity index (χ0n) is 12.5. The number of rotatable bonds is 6. The maximum absolute atomic E-state index is 14.2. The van der Waals surface area contributed by atoms with E-state index < -0.39 is 23.9 Å². The van der Waals surface area contributed by atoms with Gasteiger partial charge in [-0.25, -0.2) is 13.6 Å². The van der Waals surface area contributed by atoms with Crippen molar-refractivity contribution in [3.8, 4) is 22.6 Å². The normalized spacial score (nSPS) is 11.5. The highest BCUT2D eigenvalue weighted by Gasteiger charge is 2.13. The molecule has 2 rings (SSSR count). The van der Waals surface area contributed by atoms with Crippen molar-refractivity contribution in [2.24, 2.45) is 0 Å². The van der Waals surface area contributed by atoms with Gasteiger partial charge in [-0.15, -0.1) is 0 Å². The third kappa shape index (κ3) is 4.05. The number of carbonyl (C=O) groups is 1. The Morgan fingerprint density at radius 3 is 2.46 bits per heavy atom. The second-order valence-electron chi connectivity index (χ2n) is 4.66. The summed E-state index contributed by atoms with van der Waals surface area (Å²) in [5, 5.41) is 9.29. The standard InChI is InChI=1S/C18H14F2O4/c1-3-17(21)23-12-6-7-13(14(19)10-12)11-5-8-16(15(20)9-11)24-18(22)4-2/h3-10,17,21H,1-2H2. The van der Waals surface area contributed by atoms with Crippen LogP contribution in [0.5, 0.6) is 11.5 Å². The molecule has 0 spiro atoms. The van der Waals surface area contributed by atoms with Crippen molar-refractivity contribution in [2.75, 3.05) is 0 Å². The molecule has 2 aromatic carbocycles. The quantitative estimate of drug-likeness (QED) is 0.289. The van der Waals surface area contributed by atoms with E-state index in [1.165, 1.54) is 24.3 Å². The Hall–Kier alpha value is -2.99. The van der Waals surface area contributed by atoms with Gasteiger partial charge < -0.3 is 14.6 Å². The first-order valence-electron chi connectivity index (χ1n) is 6.85. The van der Waals surface area contributed by atoms with Crippen LogP contribution >= 0.6 is 0 Å². The van der Waals surface area contributed by atoms with Crippen molar-refractivity contribution in [1.82, 2.24) is 0 Å². The summed E-state index contributed by atoms with van der Waals surface area (Å²) in [5.74, 6) is -2.46. The first kappa shape index (κ1) is 17.4. The number of aliphatic hydroxyl groups excluding tert-OH is 1. The third-order valence-electron chi connectivity index (χ3n) is 3.02. The Bertz CT molecular complexity index is 787. The molecule has 4 nitrogen and oxygen atoms in total. The summed E-state index contributed by atoms with van der Waals surface area (Å²) in [6, 6.07) is 7.54. The van der Waals surface area contributed by atoms with Gasteiger partial charge in [0.15, 0.2) is 11.6 Å². The molecule has 1 N–H and O–H groups in total. The molecule has 1 atom stereocenters. The number of hydrogen-bond donors (Lipinski definition) is 1. The average Bonchev–Trinajstić information content (AvgIpc) is 2.56. The molecule has 2 aromatic rings. The van der Waals surface area contributed by atoms with E-state index in [4.69, 9.17) is 9.47 Å². The largest absolute Gasteiger partial charge is 0.461 e. The lowest BCUT2D eigenvalue weighted by Crippen LogP contribution is -2.11. The molecule has 0 fully saturated rings. The van der Waals surface area contributed by atoms with Crippen molar-refractivity contribution in [3.63, 3.8) is 0 Å². The maximum atomic E-state index is 14.2. The van der Waals surface area contributed by atoms with Gasteiger partial charge >= 0.3 is 5.97 Å². The molecular weight excluding hydrogens is 318 g/mol. The highest BCUT2D eigenvalue weighted by atomic mass is 19.1. The lowest BCUT2D eigenvalue weighted by atomic mass is 10.0. The number of benzene rings is 2. The number of carbonyl (C=O) groups excluding carboxylic acids is 1. The molecule has 0 amide bonds. The summed E-state index contributed by atoms with van der Waals surface area (Å²) in [5.41, 5.74) is 0.371. The fraction of sp³-hybridized carbons (Fsp3) is 0.0556. The molecule has 6 heteroatoms. The van der Waals surface area contributed by atoms with E-state index in [1.807, 2.05) is 0 Å². The van der Waals surface area contributed by atoms with Crippen molar-refractivity contribution >= 4 is 5.97 Å². The fourth-order valence-corrected chi connectivity index (χ4v) is 1.89. The van der Waals surface area contributed by atoms with Crippen LogP contribution in [0.15, 0.2) is 61.7 Å². The third-order valence-corrected chi connectivity index (χ3v) is 3.02. The van der Waals surface area contributed by atoms with Crippen LogP contribution < -0.4 is 9.47 Å². The van der Waals surface area contributed by atoms with Crippen molar-refractivity contribution in [3.05, 3.63) is 73.3 Å². The highest BCUT2D eigenvalue weighted by Crippen LogP contribution is 2.30. The van der Waals surface area contributed by atoms with Crippen LogP contribution in [0.25, 0.3) is 11.1 Å². The zero-order chi connectivity index (χ0) is 17.7. The summed E-state index contributed by atoms with van der Waals surface area (Å²) in [7, 11) is 0. The lowest BCUT2D eigenvalue weighted by molar-refractivity contribution is -0.129. The van der Waals surface area contributed by atoms with Gasteiger partial charge in [-0.1, -0.05) is 19.2 Å². The molecule has 124 valence electrons. The molecule has 0 aliphatic heterocycles. The second kappa shape index (κ2) is 7.52. The molecule has 0 bridgehead atoms. The number of aliphatic hydroxyl groups is 1. The van der Waals surface area contributed by atoms with Gasteiger partial charge in [0.1, 0.15) is 11.6 Å². The molecule has 0 heterocycles. The van der Waals surface area contributed by atoms with Gasteiger partial charge in [-0.2, -0.15) is 0 Å². The summed E-state index contributed by atoms with van der Waals surface area (Å²) in [6.45, 7) is 6.55. The van der Waals surface area contributed by atoms with E-state index in [0.29, 0.717) is 0 Å². The molecule has 24 heavy (non-hydrogen) atoms. The second-order valence-corrected chi connectivity index (χ2v) is 4.66. The number of ether oxygens (including phenoxy) is 2. The minimum absolute atomic E-state index is 0.0978. The summed E-state index contributed by atoms with van der Waals surface area (Å²) in [4.78, 5) is 11.1. The molecule has 0 saturated carbocycles. The van der Waals surface area contributed by atoms with Gasteiger partial charge in [0.25, 0.3) is 0 Å². The Kier molecular flexibility index (Phi) is 5.44. The first-order valence-corrected chi connectivity index (χ1v) is 6.85. The smallest absolute Gasteiger partial charge is 0.335 e. The molecule has 1 unspecified atom stereocenters. The van der Waals surface area contributed by atoms with Crippen LogP contribution in [0.4, 0.5) is 8.78 Å². The lowest BCUT2D eigenvalue weighted by Gasteiger charge is -2.11. The first-order chi connectivity index (χ1) is 11.4. The number of halogens is 2. The minimum Gasteiger partial charge on any atom is -0.461 e. The van der Waals surface area contributed by atoms with E-state index >= 15 is 0 Å². The number of esters is 1. The summed E-state index contributed by atoms with van der Waals surface area (Å²) in [6.07, 6.45) is 0.792. The van der Waals surface area contributed by atoms with Gasteiger partial charge in [-0.05, 0) is 35.9 Å². The molecule has 0 aliphatic rings. The Morgan fingerprint density at radius 2 is 1.88 bits per heavy atom. The van der Waals surface area contributed by atoms with Gasteiger partial charge in [-0.3, -0.25) is 0 Å². The molecule has 0 aliphatic carbocycles. The van der Waals surface area contributed by atoms with E-state index in [0.717, 1.165) is 24.3 Å². The van der Waals surface area contributed by atoms with Crippen molar-refractivity contribution < 1.29 is 28.2 Å². The molecular formula is C18H14F2O4. The molecule has 0 aromatic heterocycles. The van der Waals surface area contributed by atoms with Crippen LogP contribution in [0.3, 0.4) is 0 Å². The maximum Gasteiger partial charge on any atom is 0.335 e. The van der Waals surface area contributed by atoms with Crippen LogP contribution in [-0.2, 0) is 4.79 Å². The van der Waals surface area contributed by atoms with E-state index in [2.05, 4.69) is 13.2 Å². The predicted octanol–water partition coefficient (Wildman–Crippen LogP) is 3.61. The van der Waals surface area contributed by atoms with Crippen LogP contribution in [-0.4, -0.2) is 17.4 Å². The zero-order valence-corrected chi connectivity index (χ0v) is 12.5. The van der Waals surface area contributed by atoms with Crippen LogP contribution in [0.1, 0.15) is 0 Å². The van der Waals surface area contributed by atoms with Gasteiger partial charge in [0.2, 0.25) is 6.29 Å². The SMILES string of the molecule is C=CC(=O)Oc1ccc(-c2ccc(OC(O)C=C)cc2F)cc1F. The van der Waals surface area contributed by atoms with Crippen LogP contribution in [0.2, 0.25) is 0 Å². The van der Waals surface area contributed by atoms with Gasteiger partial charge in [0, 0.05) is 17.7 Å². The topological polar surface area (TPSA) is 55.8 Å².